The summed E-state index contributed by atoms with van der Waals surface area (Å²) in [6.45, 7) is 3.32. The highest BCUT2D eigenvalue weighted by atomic mass is 32.2. The standard InChI is InChI=1S/C15H25N3S/c1-2-7-17-13(14-5-3-4-9-19-14)10-12-6-8-18-15(16)11-12/h6,8,11,13-14,17H,2-5,7,9-10H2,1H3,(H2,16,18). The van der Waals surface area contributed by atoms with Crippen LogP contribution in [0.2, 0.25) is 0 Å². The molecule has 1 saturated heterocycles. The van der Waals surface area contributed by atoms with Crippen LogP contribution in [0.3, 0.4) is 0 Å². The number of rotatable bonds is 6. The number of nitrogens with one attached hydrogen (secondary N) is 1. The molecule has 0 amide bonds. The SMILES string of the molecule is CCCNC(Cc1ccnc(N)c1)C1CCCCS1. The van der Waals surface area contributed by atoms with Gasteiger partial charge in [-0.3, -0.25) is 0 Å². The summed E-state index contributed by atoms with van der Waals surface area (Å²) in [4.78, 5) is 4.07. The third-order valence-corrected chi connectivity index (χ3v) is 5.14. The van der Waals surface area contributed by atoms with E-state index in [1.54, 1.807) is 0 Å². The van der Waals surface area contributed by atoms with E-state index in [-0.39, 0.29) is 0 Å². The van der Waals surface area contributed by atoms with Gasteiger partial charge in [-0.05, 0) is 55.7 Å². The Kier molecular flexibility index (Phi) is 5.98. The van der Waals surface area contributed by atoms with Crippen molar-refractivity contribution in [1.29, 1.82) is 0 Å². The van der Waals surface area contributed by atoms with Gasteiger partial charge in [-0.1, -0.05) is 13.3 Å². The molecule has 1 aliphatic rings. The molecule has 1 aliphatic heterocycles. The third kappa shape index (κ3) is 4.69. The number of nitrogens with zero attached hydrogens (tertiary/aromatic N) is 1. The minimum Gasteiger partial charge on any atom is -0.384 e. The fourth-order valence-corrected chi connectivity index (χ4v) is 4.05. The maximum atomic E-state index is 5.78. The first-order valence-corrected chi connectivity index (χ1v) is 8.40. The molecule has 4 heteroatoms. The van der Waals surface area contributed by atoms with E-state index >= 15 is 0 Å². The summed E-state index contributed by atoms with van der Waals surface area (Å²) in [5.41, 5.74) is 7.07. The van der Waals surface area contributed by atoms with Gasteiger partial charge in [-0.2, -0.15) is 11.8 Å². The Morgan fingerprint density at radius 3 is 3.11 bits per heavy atom. The molecule has 0 aliphatic carbocycles. The molecule has 1 fully saturated rings. The molecule has 19 heavy (non-hydrogen) atoms. The van der Waals surface area contributed by atoms with Crippen LogP contribution in [0.5, 0.6) is 0 Å². The van der Waals surface area contributed by atoms with Crippen molar-refractivity contribution in [2.24, 2.45) is 0 Å². The largest absolute Gasteiger partial charge is 0.384 e. The Labute approximate surface area is 120 Å². The minimum atomic E-state index is 0.562. The first-order chi connectivity index (χ1) is 9.29. The van der Waals surface area contributed by atoms with Crippen LogP contribution in [0.1, 0.15) is 38.2 Å². The average molecular weight is 279 g/mol. The monoisotopic (exact) mass is 279 g/mol. The zero-order chi connectivity index (χ0) is 13.5. The third-order valence-electron chi connectivity index (χ3n) is 3.62. The number of pyridine rings is 1. The fraction of sp³-hybridized carbons (Fsp3) is 0.667. The van der Waals surface area contributed by atoms with Crippen molar-refractivity contribution in [3.8, 4) is 0 Å². The molecule has 1 aromatic heterocycles. The topological polar surface area (TPSA) is 50.9 Å². The highest BCUT2D eigenvalue weighted by molar-refractivity contribution is 8.00. The van der Waals surface area contributed by atoms with E-state index in [9.17, 15) is 0 Å². The summed E-state index contributed by atoms with van der Waals surface area (Å²) < 4.78 is 0. The van der Waals surface area contributed by atoms with E-state index in [2.05, 4.69) is 35.1 Å². The molecular weight excluding hydrogens is 254 g/mol. The van der Waals surface area contributed by atoms with Crippen molar-refractivity contribution >= 4 is 17.6 Å². The summed E-state index contributed by atoms with van der Waals surface area (Å²) in [5.74, 6) is 1.94. The van der Waals surface area contributed by atoms with Gasteiger partial charge in [-0.25, -0.2) is 4.98 Å². The van der Waals surface area contributed by atoms with Crippen LogP contribution in [0.4, 0.5) is 5.82 Å². The summed E-state index contributed by atoms with van der Waals surface area (Å²) in [5, 5.41) is 4.47. The van der Waals surface area contributed by atoms with Gasteiger partial charge in [0.25, 0.3) is 0 Å². The van der Waals surface area contributed by atoms with Crippen molar-refractivity contribution in [3.63, 3.8) is 0 Å². The second-order valence-electron chi connectivity index (χ2n) is 5.26. The minimum absolute atomic E-state index is 0.562. The van der Waals surface area contributed by atoms with Crippen LogP contribution >= 0.6 is 11.8 Å². The lowest BCUT2D eigenvalue weighted by atomic mass is 10.00. The highest BCUT2D eigenvalue weighted by Crippen LogP contribution is 2.29. The van der Waals surface area contributed by atoms with E-state index < -0.39 is 0 Å². The summed E-state index contributed by atoms with van der Waals surface area (Å²) in [7, 11) is 0. The zero-order valence-electron chi connectivity index (χ0n) is 11.8. The molecule has 0 saturated carbocycles. The van der Waals surface area contributed by atoms with Gasteiger partial charge in [0.1, 0.15) is 5.82 Å². The van der Waals surface area contributed by atoms with Crippen LogP contribution in [0.15, 0.2) is 18.3 Å². The highest BCUT2D eigenvalue weighted by Gasteiger charge is 2.23. The molecule has 0 aromatic carbocycles. The zero-order valence-corrected chi connectivity index (χ0v) is 12.6. The van der Waals surface area contributed by atoms with E-state index in [1.165, 1.54) is 37.0 Å². The molecular formula is C15H25N3S. The van der Waals surface area contributed by atoms with E-state index in [1.807, 2.05) is 12.3 Å². The van der Waals surface area contributed by atoms with Crippen LogP contribution in [0.25, 0.3) is 0 Å². The maximum Gasteiger partial charge on any atom is 0.123 e. The molecule has 3 nitrogen and oxygen atoms in total. The van der Waals surface area contributed by atoms with Gasteiger partial charge in [0.05, 0.1) is 0 Å². The van der Waals surface area contributed by atoms with Crippen LogP contribution in [-0.4, -0.2) is 28.6 Å². The van der Waals surface area contributed by atoms with Crippen LogP contribution < -0.4 is 11.1 Å². The smallest absolute Gasteiger partial charge is 0.123 e. The van der Waals surface area contributed by atoms with E-state index in [0.717, 1.165) is 18.2 Å². The normalized spacial score (nSPS) is 21.2. The van der Waals surface area contributed by atoms with Gasteiger partial charge in [0.15, 0.2) is 0 Å². The van der Waals surface area contributed by atoms with Gasteiger partial charge >= 0.3 is 0 Å². The molecule has 2 unspecified atom stereocenters. The predicted molar refractivity (Wildman–Crippen MR) is 84.5 cm³/mol. The Hall–Kier alpha value is -0.740. The Morgan fingerprint density at radius 2 is 2.42 bits per heavy atom. The Bertz CT molecular complexity index is 377. The summed E-state index contributed by atoms with van der Waals surface area (Å²) in [6, 6.07) is 4.66. The van der Waals surface area contributed by atoms with Crippen molar-refractivity contribution < 1.29 is 0 Å². The van der Waals surface area contributed by atoms with Crippen LogP contribution in [0, 0.1) is 0 Å². The lowest BCUT2D eigenvalue weighted by Crippen LogP contribution is -2.41. The molecule has 106 valence electrons. The molecule has 3 N–H and O–H groups in total. The second-order valence-corrected chi connectivity index (χ2v) is 6.61. The first kappa shape index (κ1) is 14.7. The number of aromatic nitrogens is 1. The molecule has 1 aromatic rings. The molecule has 0 spiro atoms. The van der Waals surface area contributed by atoms with Gasteiger partial charge in [-0.15, -0.1) is 0 Å². The molecule has 0 bridgehead atoms. The number of hydrogen-bond acceptors (Lipinski definition) is 4. The number of nitrogens with two attached hydrogens (primary N) is 1. The van der Waals surface area contributed by atoms with Crippen LogP contribution in [-0.2, 0) is 6.42 Å². The second kappa shape index (κ2) is 7.75. The van der Waals surface area contributed by atoms with E-state index in [4.69, 9.17) is 5.73 Å². The fourth-order valence-electron chi connectivity index (χ4n) is 2.62. The lowest BCUT2D eigenvalue weighted by molar-refractivity contribution is 0.461. The molecule has 2 rings (SSSR count). The average Bonchev–Trinajstić information content (AvgIpc) is 2.44. The predicted octanol–water partition coefficient (Wildman–Crippen LogP) is 2.86. The Morgan fingerprint density at radius 1 is 1.53 bits per heavy atom. The van der Waals surface area contributed by atoms with Crippen molar-refractivity contribution in [3.05, 3.63) is 23.9 Å². The van der Waals surface area contributed by atoms with Crippen molar-refractivity contribution in [2.75, 3.05) is 18.0 Å². The maximum absolute atomic E-state index is 5.78. The van der Waals surface area contributed by atoms with Gasteiger partial charge in [0, 0.05) is 17.5 Å². The number of nitrogen functional groups attached to an aromatic ring is 1. The molecule has 2 atom stereocenters. The number of thioether (sulfide) groups is 1. The lowest BCUT2D eigenvalue weighted by Gasteiger charge is -2.31. The van der Waals surface area contributed by atoms with Crippen molar-refractivity contribution in [2.45, 2.75) is 50.3 Å². The van der Waals surface area contributed by atoms with E-state index in [0.29, 0.717) is 11.9 Å². The van der Waals surface area contributed by atoms with Gasteiger partial charge < -0.3 is 11.1 Å². The number of anilines is 1. The quantitative estimate of drug-likeness (QED) is 0.841. The molecule has 0 radical (unpaired) electrons. The van der Waals surface area contributed by atoms with Gasteiger partial charge in [0.2, 0.25) is 0 Å². The first-order valence-electron chi connectivity index (χ1n) is 7.35. The Balaban J connectivity index is 1.99. The van der Waals surface area contributed by atoms with Crippen molar-refractivity contribution in [1.82, 2.24) is 10.3 Å². The number of hydrogen-bond donors (Lipinski definition) is 2. The summed E-state index contributed by atoms with van der Waals surface area (Å²) >= 11 is 2.14. The molecule has 2 heterocycles. The summed E-state index contributed by atoms with van der Waals surface area (Å²) in [6.07, 6.45) is 8.16.